The number of hydrogen-bond acceptors (Lipinski definition) is 2. The summed E-state index contributed by atoms with van der Waals surface area (Å²) >= 11 is 1.89. The summed E-state index contributed by atoms with van der Waals surface area (Å²) in [6.45, 7) is 0.986. The van der Waals surface area contributed by atoms with Crippen molar-refractivity contribution in [1.82, 2.24) is 0 Å². The first-order chi connectivity index (χ1) is 15.1. The SMILES string of the molecule is CN(CCSc1cccc[n+]1C)c1ccc(/C=C/c2cc[n+](C)cc2)c2ccccc12. The molecule has 2 heterocycles. The van der Waals surface area contributed by atoms with Crippen molar-refractivity contribution in [3.8, 4) is 0 Å². The highest BCUT2D eigenvalue weighted by atomic mass is 32.2. The number of fused-ring (bicyclic) bond motifs is 1. The van der Waals surface area contributed by atoms with Crippen LogP contribution in [0.2, 0.25) is 0 Å². The van der Waals surface area contributed by atoms with Crippen LogP contribution in [0.4, 0.5) is 5.69 Å². The van der Waals surface area contributed by atoms with Gasteiger partial charge in [0.15, 0.2) is 18.6 Å². The predicted molar refractivity (Wildman–Crippen MR) is 132 cm³/mol. The van der Waals surface area contributed by atoms with Crippen LogP contribution in [-0.4, -0.2) is 19.3 Å². The van der Waals surface area contributed by atoms with Crippen LogP contribution in [0.5, 0.6) is 0 Å². The van der Waals surface area contributed by atoms with Crippen LogP contribution < -0.4 is 14.0 Å². The number of thioether (sulfide) groups is 1. The predicted octanol–water partition coefficient (Wildman–Crippen LogP) is 4.89. The van der Waals surface area contributed by atoms with Crippen LogP contribution in [0.3, 0.4) is 0 Å². The zero-order chi connectivity index (χ0) is 21.6. The van der Waals surface area contributed by atoms with Crippen molar-refractivity contribution in [3.05, 3.63) is 96.4 Å². The molecule has 4 heteroatoms. The van der Waals surface area contributed by atoms with Crippen molar-refractivity contribution in [2.24, 2.45) is 14.1 Å². The van der Waals surface area contributed by atoms with Crippen molar-refractivity contribution in [2.75, 3.05) is 24.2 Å². The fourth-order valence-electron chi connectivity index (χ4n) is 3.66. The molecule has 156 valence electrons. The highest BCUT2D eigenvalue weighted by Gasteiger charge is 2.10. The van der Waals surface area contributed by atoms with Crippen LogP contribution >= 0.6 is 11.8 Å². The molecule has 4 rings (SSSR count). The van der Waals surface area contributed by atoms with Gasteiger partial charge in [0.05, 0.1) is 0 Å². The number of benzene rings is 2. The summed E-state index contributed by atoms with van der Waals surface area (Å²) in [5, 5.41) is 3.87. The minimum Gasteiger partial charge on any atom is -0.373 e. The third-order valence-electron chi connectivity index (χ3n) is 5.49. The fraction of sp³-hybridized carbons (Fsp3) is 0.185. The first-order valence-corrected chi connectivity index (χ1v) is 11.5. The van der Waals surface area contributed by atoms with E-state index in [1.807, 2.05) is 23.4 Å². The highest BCUT2D eigenvalue weighted by molar-refractivity contribution is 7.99. The van der Waals surface area contributed by atoms with Crippen molar-refractivity contribution in [2.45, 2.75) is 5.03 Å². The molecular weight excluding hydrogens is 398 g/mol. The Kier molecular flexibility index (Phi) is 6.68. The maximum Gasteiger partial charge on any atom is 0.239 e. The highest BCUT2D eigenvalue weighted by Crippen LogP contribution is 2.30. The fourth-order valence-corrected chi connectivity index (χ4v) is 4.67. The average Bonchev–Trinajstić information content (AvgIpc) is 2.79. The van der Waals surface area contributed by atoms with Crippen LogP contribution in [0.25, 0.3) is 22.9 Å². The van der Waals surface area contributed by atoms with E-state index >= 15 is 0 Å². The molecule has 0 saturated heterocycles. The monoisotopic (exact) mass is 427 g/mol. The molecule has 2 aromatic carbocycles. The molecule has 0 bridgehead atoms. The number of anilines is 1. The van der Waals surface area contributed by atoms with Crippen LogP contribution in [-0.2, 0) is 14.1 Å². The standard InChI is InChI=1S/C27H29N3S/c1-28-18-15-22(16-19-28)11-12-23-13-14-26(25-9-5-4-8-24(23)25)29(2)20-21-31-27-10-6-7-17-30(27)3/h4-19H,20-21H2,1-3H3/q+2. The molecule has 0 radical (unpaired) electrons. The molecule has 0 aliphatic carbocycles. The molecule has 0 N–H and O–H groups in total. The van der Waals surface area contributed by atoms with Crippen LogP contribution in [0.15, 0.2) is 90.3 Å². The van der Waals surface area contributed by atoms with Gasteiger partial charge >= 0.3 is 0 Å². The van der Waals surface area contributed by atoms with Crippen LogP contribution in [0, 0.1) is 0 Å². The molecule has 0 fully saturated rings. The average molecular weight is 428 g/mol. The molecule has 3 nitrogen and oxygen atoms in total. The lowest BCUT2D eigenvalue weighted by molar-refractivity contribution is -0.708. The molecule has 0 amide bonds. The lowest BCUT2D eigenvalue weighted by atomic mass is 10.0. The maximum atomic E-state index is 2.36. The number of hydrogen-bond donors (Lipinski definition) is 0. The quantitative estimate of drug-likeness (QED) is 0.307. The zero-order valence-electron chi connectivity index (χ0n) is 18.4. The van der Waals surface area contributed by atoms with E-state index < -0.39 is 0 Å². The molecule has 4 aromatic rings. The Morgan fingerprint density at radius 3 is 2.32 bits per heavy atom. The first-order valence-electron chi connectivity index (χ1n) is 10.6. The second-order valence-electron chi connectivity index (χ2n) is 7.77. The van der Waals surface area contributed by atoms with E-state index in [1.54, 1.807) is 0 Å². The minimum atomic E-state index is 0.986. The molecular formula is C27H29N3S+2. The summed E-state index contributed by atoms with van der Waals surface area (Å²) in [6.07, 6.45) is 10.6. The van der Waals surface area contributed by atoms with Gasteiger partial charge < -0.3 is 4.90 Å². The molecule has 0 saturated carbocycles. The van der Waals surface area contributed by atoms with Crippen LogP contribution in [0.1, 0.15) is 11.1 Å². The molecule has 0 aliphatic rings. The van der Waals surface area contributed by atoms with Crippen molar-refractivity contribution < 1.29 is 9.13 Å². The number of rotatable bonds is 7. The Morgan fingerprint density at radius 1 is 0.806 bits per heavy atom. The smallest absolute Gasteiger partial charge is 0.239 e. The lowest BCUT2D eigenvalue weighted by Crippen LogP contribution is -2.30. The molecule has 0 aliphatic heterocycles. The number of pyridine rings is 2. The molecule has 2 aromatic heterocycles. The third-order valence-corrected chi connectivity index (χ3v) is 6.60. The topological polar surface area (TPSA) is 11.0 Å². The molecule has 0 spiro atoms. The minimum absolute atomic E-state index is 0.986. The van der Waals surface area contributed by atoms with Gasteiger partial charge in [-0.1, -0.05) is 54.2 Å². The Hall–Kier alpha value is -3.11. The van der Waals surface area contributed by atoms with Gasteiger partial charge in [-0.2, -0.15) is 4.57 Å². The normalized spacial score (nSPS) is 11.3. The second kappa shape index (κ2) is 9.80. The van der Waals surface area contributed by atoms with Gasteiger partial charge in [0.25, 0.3) is 0 Å². The molecule has 0 atom stereocenters. The summed E-state index contributed by atoms with van der Waals surface area (Å²) in [4.78, 5) is 2.36. The summed E-state index contributed by atoms with van der Waals surface area (Å²) in [6, 6.07) is 23.8. The van der Waals surface area contributed by atoms with Gasteiger partial charge in [0, 0.05) is 54.7 Å². The van der Waals surface area contributed by atoms with Gasteiger partial charge in [0.1, 0.15) is 14.1 Å². The van der Waals surface area contributed by atoms with E-state index in [1.165, 1.54) is 32.6 Å². The van der Waals surface area contributed by atoms with E-state index in [4.69, 9.17) is 0 Å². The maximum absolute atomic E-state index is 2.36. The van der Waals surface area contributed by atoms with Crippen molar-refractivity contribution >= 4 is 40.4 Å². The molecule has 0 unspecified atom stereocenters. The van der Waals surface area contributed by atoms with E-state index in [0.717, 1.165) is 12.3 Å². The van der Waals surface area contributed by atoms with Crippen molar-refractivity contribution in [1.29, 1.82) is 0 Å². The van der Waals surface area contributed by atoms with Gasteiger partial charge in [-0.15, -0.1) is 0 Å². The summed E-state index contributed by atoms with van der Waals surface area (Å²) in [5.74, 6) is 1.04. The Balaban J connectivity index is 1.53. The third kappa shape index (κ3) is 5.15. The van der Waals surface area contributed by atoms with E-state index in [2.05, 4.69) is 121 Å². The lowest BCUT2D eigenvalue weighted by Gasteiger charge is -2.21. The largest absolute Gasteiger partial charge is 0.373 e. The van der Waals surface area contributed by atoms with Gasteiger partial charge in [-0.3, -0.25) is 0 Å². The number of aromatic nitrogens is 2. The van der Waals surface area contributed by atoms with Gasteiger partial charge in [-0.25, -0.2) is 4.57 Å². The number of aryl methyl sites for hydroxylation is 2. The summed E-state index contributed by atoms with van der Waals surface area (Å²) < 4.78 is 4.22. The molecule has 31 heavy (non-hydrogen) atoms. The van der Waals surface area contributed by atoms with Crippen molar-refractivity contribution in [3.63, 3.8) is 0 Å². The van der Waals surface area contributed by atoms with E-state index in [-0.39, 0.29) is 0 Å². The second-order valence-corrected chi connectivity index (χ2v) is 8.88. The van der Waals surface area contributed by atoms with E-state index in [9.17, 15) is 0 Å². The Labute approximate surface area is 189 Å². The Bertz CT molecular complexity index is 1200. The van der Waals surface area contributed by atoms with Gasteiger partial charge in [-0.05, 0) is 28.6 Å². The van der Waals surface area contributed by atoms with E-state index in [0.29, 0.717) is 0 Å². The zero-order valence-corrected chi connectivity index (χ0v) is 19.2. The first kappa shape index (κ1) is 21.1. The number of nitrogens with zero attached hydrogens (tertiary/aromatic N) is 3. The summed E-state index contributed by atoms with van der Waals surface area (Å²) in [7, 11) is 6.32. The summed E-state index contributed by atoms with van der Waals surface area (Å²) in [5.41, 5.74) is 3.72. The Morgan fingerprint density at radius 2 is 1.55 bits per heavy atom. The van der Waals surface area contributed by atoms with Gasteiger partial charge in [0.2, 0.25) is 5.03 Å².